The number of nitrogens with zero attached hydrogens (tertiary/aromatic N) is 1. The van der Waals surface area contributed by atoms with Crippen LogP contribution in [-0.4, -0.2) is 55.2 Å². The summed E-state index contributed by atoms with van der Waals surface area (Å²) in [5, 5.41) is 11.9. The fraction of sp³-hybridized carbons (Fsp3) is 0.900. The highest BCUT2D eigenvalue weighted by Crippen LogP contribution is 2.20. The van der Waals surface area contributed by atoms with Crippen molar-refractivity contribution in [2.45, 2.75) is 24.9 Å². The predicted octanol–water partition coefficient (Wildman–Crippen LogP) is -0.672. The van der Waals surface area contributed by atoms with E-state index >= 15 is 0 Å². The third kappa shape index (κ3) is 3.15. The Kier molecular flexibility index (Phi) is 4.50. The van der Waals surface area contributed by atoms with Crippen molar-refractivity contribution in [3.8, 4) is 0 Å². The van der Waals surface area contributed by atoms with Crippen molar-refractivity contribution in [1.29, 1.82) is 0 Å². The van der Waals surface area contributed by atoms with Crippen LogP contribution in [0.3, 0.4) is 0 Å². The summed E-state index contributed by atoms with van der Waals surface area (Å²) in [6.07, 6.45) is 2.17. The molecule has 0 saturated carbocycles. The maximum atomic E-state index is 10.8. The molecule has 0 radical (unpaired) electrons. The first kappa shape index (κ1) is 12.4. The molecule has 0 aromatic rings. The van der Waals surface area contributed by atoms with Crippen LogP contribution >= 0.6 is 0 Å². The summed E-state index contributed by atoms with van der Waals surface area (Å²) in [7, 11) is 3.84. The molecule has 4 N–H and O–H groups in total. The van der Waals surface area contributed by atoms with Gasteiger partial charge in [-0.05, 0) is 39.4 Å². The first-order valence-corrected chi connectivity index (χ1v) is 5.40. The van der Waals surface area contributed by atoms with E-state index in [0.717, 1.165) is 25.9 Å². The first-order chi connectivity index (χ1) is 7.06. The number of piperidine rings is 1. The minimum absolute atomic E-state index is 0.134. The first-order valence-electron chi connectivity index (χ1n) is 5.40. The zero-order valence-electron chi connectivity index (χ0n) is 9.44. The topological polar surface area (TPSA) is 78.6 Å². The quantitative estimate of drug-likeness (QED) is 0.579. The van der Waals surface area contributed by atoms with Gasteiger partial charge in [-0.25, -0.2) is 0 Å². The minimum Gasteiger partial charge on any atom is -0.480 e. The number of carboxylic acids is 1. The largest absolute Gasteiger partial charge is 0.480 e. The third-order valence-corrected chi connectivity index (χ3v) is 3.17. The van der Waals surface area contributed by atoms with Crippen LogP contribution in [-0.2, 0) is 4.79 Å². The van der Waals surface area contributed by atoms with Gasteiger partial charge in [0.1, 0.15) is 6.04 Å². The Labute approximate surface area is 90.6 Å². The molecule has 1 aliphatic rings. The molecule has 1 saturated heterocycles. The summed E-state index contributed by atoms with van der Waals surface area (Å²) >= 11 is 0. The van der Waals surface area contributed by atoms with E-state index in [1.165, 1.54) is 0 Å². The van der Waals surface area contributed by atoms with E-state index in [-0.39, 0.29) is 6.04 Å². The Balaban J connectivity index is 2.60. The van der Waals surface area contributed by atoms with Gasteiger partial charge >= 0.3 is 5.97 Å². The van der Waals surface area contributed by atoms with Crippen LogP contribution in [0.15, 0.2) is 0 Å². The second-order valence-electron chi connectivity index (χ2n) is 4.34. The smallest absolute Gasteiger partial charge is 0.322 e. The van der Waals surface area contributed by atoms with Gasteiger partial charge in [0.2, 0.25) is 0 Å². The van der Waals surface area contributed by atoms with Crippen LogP contribution in [0.4, 0.5) is 0 Å². The molecule has 0 aromatic carbocycles. The van der Waals surface area contributed by atoms with Crippen molar-refractivity contribution in [1.82, 2.24) is 10.2 Å². The van der Waals surface area contributed by atoms with E-state index in [9.17, 15) is 4.79 Å². The maximum Gasteiger partial charge on any atom is 0.322 e. The molecule has 3 unspecified atom stereocenters. The highest BCUT2D eigenvalue weighted by Gasteiger charge is 2.32. The van der Waals surface area contributed by atoms with Gasteiger partial charge in [-0.3, -0.25) is 4.79 Å². The summed E-state index contributed by atoms with van der Waals surface area (Å²) in [6, 6.07) is -0.947. The van der Waals surface area contributed by atoms with Crippen molar-refractivity contribution < 1.29 is 9.90 Å². The van der Waals surface area contributed by atoms with Gasteiger partial charge in [0.15, 0.2) is 0 Å². The number of nitrogens with one attached hydrogen (secondary N) is 1. The second kappa shape index (κ2) is 5.44. The second-order valence-corrected chi connectivity index (χ2v) is 4.34. The molecule has 88 valence electrons. The van der Waals surface area contributed by atoms with Gasteiger partial charge in [-0.2, -0.15) is 0 Å². The average molecular weight is 215 g/mol. The summed E-state index contributed by atoms with van der Waals surface area (Å²) in [5.74, 6) is -0.595. The molecule has 5 heteroatoms. The Morgan fingerprint density at radius 2 is 2.33 bits per heavy atom. The lowest BCUT2D eigenvalue weighted by Crippen LogP contribution is -2.55. The molecule has 15 heavy (non-hydrogen) atoms. The van der Waals surface area contributed by atoms with Crippen molar-refractivity contribution in [2.75, 3.05) is 27.2 Å². The monoisotopic (exact) mass is 215 g/mol. The molecule has 1 aliphatic heterocycles. The maximum absolute atomic E-state index is 10.8. The highest BCUT2D eigenvalue weighted by atomic mass is 16.4. The van der Waals surface area contributed by atoms with E-state index < -0.39 is 12.0 Å². The van der Waals surface area contributed by atoms with E-state index in [4.69, 9.17) is 10.8 Å². The molecule has 1 fully saturated rings. The van der Waals surface area contributed by atoms with Crippen LogP contribution in [0.5, 0.6) is 0 Å². The van der Waals surface area contributed by atoms with E-state index in [0.29, 0.717) is 5.92 Å². The van der Waals surface area contributed by atoms with E-state index in [1.807, 2.05) is 0 Å². The van der Waals surface area contributed by atoms with E-state index in [1.54, 1.807) is 7.05 Å². The normalized spacial score (nSPS) is 27.3. The fourth-order valence-corrected chi connectivity index (χ4v) is 2.36. The molecule has 1 heterocycles. The van der Waals surface area contributed by atoms with Gasteiger partial charge in [-0.15, -0.1) is 0 Å². The van der Waals surface area contributed by atoms with Gasteiger partial charge in [0.25, 0.3) is 0 Å². The van der Waals surface area contributed by atoms with Crippen molar-refractivity contribution in [2.24, 2.45) is 11.7 Å². The SMILES string of the molecule is CNC(C1CCCN(C)C1)C(N)C(=O)O. The third-order valence-electron chi connectivity index (χ3n) is 3.17. The highest BCUT2D eigenvalue weighted by molar-refractivity contribution is 5.74. The standard InChI is InChI=1S/C10H21N3O2/c1-12-9(8(11)10(14)15)7-4-3-5-13(2)6-7/h7-9,12H,3-6,11H2,1-2H3,(H,14,15). The number of hydrogen-bond donors (Lipinski definition) is 3. The number of likely N-dealkylation sites (tertiary alicyclic amines) is 1. The molecule has 0 aromatic heterocycles. The fourth-order valence-electron chi connectivity index (χ4n) is 2.36. The van der Waals surface area contributed by atoms with Crippen LogP contribution in [0, 0.1) is 5.92 Å². The van der Waals surface area contributed by atoms with Gasteiger partial charge in [-0.1, -0.05) is 0 Å². The summed E-state index contributed by atoms with van der Waals surface area (Å²) < 4.78 is 0. The van der Waals surface area contributed by atoms with Crippen LogP contribution in [0.1, 0.15) is 12.8 Å². The number of hydrogen-bond acceptors (Lipinski definition) is 4. The number of carbonyl (C=O) groups is 1. The van der Waals surface area contributed by atoms with Gasteiger partial charge < -0.3 is 21.1 Å². The molecule has 0 bridgehead atoms. The number of likely N-dealkylation sites (N-methyl/N-ethyl adjacent to an activating group) is 1. The summed E-state index contributed by atoms with van der Waals surface area (Å²) in [4.78, 5) is 13.1. The molecular weight excluding hydrogens is 194 g/mol. The Bertz CT molecular complexity index is 223. The van der Waals surface area contributed by atoms with Gasteiger partial charge in [0, 0.05) is 12.6 Å². The molecule has 3 atom stereocenters. The van der Waals surface area contributed by atoms with Crippen molar-refractivity contribution in [3.63, 3.8) is 0 Å². The van der Waals surface area contributed by atoms with Crippen molar-refractivity contribution in [3.05, 3.63) is 0 Å². The number of rotatable bonds is 4. The molecule has 5 nitrogen and oxygen atoms in total. The molecule has 0 aliphatic carbocycles. The van der Waals surface area contributed by atoms with Crippen LogP contribution < -0.4 is 11.1 Å². The lowest BCUT2D eigenvalue weighted by atomic mass is 9.87. The van der Waals surface area contributed by atoms with Crippen LogP contribution in [0.2, 0.25) is 0 Å². The number of aliphatic carboxylic acids is 1. The average Bonchev–Trinajstić information content (AvgIpc) is 2.18. The summed E-state index contributed by atoms with van der Waals surface area (Å²) in [5.41, 5.74) is 5.67. The van der Waals surface area contributed by atoms with Crippen LogP contribution in [0.25, 0.3) is 0 Å². The summed E-state index contributed by atoms with van der Waals surface area (Å²) in [6.45, 7) is 2.02. The lowest BCUT2D eigenvalue weighted by molar-refractivity contribution is -0.139. The number of carboxylic acid groups (broad SMARTS) is 1. The van der Waals surface area contributed by atoms with Crippen molar-refractivity contribution >= 4 is 5.97 Å². The minimum atomic E-state index is -0.928. The predicted molar refractivity (Wildman–Crippen MR) is 58.7 cm³/mol. The Morgan fingerprint density at radius 3 is 2.80 bits per heavy atom. The van der Waals surface area contributed by atoms with Gasteiger partial charge in [0.05, 0.1) is 0 Å². The Hall–Kier alpha value is -0.650. The lowest BCUT2D eigenvalue weighted by Gasteiger charge is -2.36. The molecule has 0 spiro atoms. The Morgan fingerprint density at radius 1 is 1.67 bits per heavy atom. The zero-order chi connectivity index (χ0) is 11.4. The molecule has 1 rings (SSSR count). The zero-order valence-corrected chi connectivity index (χ0v) is 9.44. The number of nitrogens with two attached hydrogens (primary N) is 1. The van der Waals surface area contributed by atoms with E-state index in [2.05, 4.69) is 17.3 Å². The molecule has 0 amide bonds. The molecular formula is C10H21N3O2.